The number of para-hydroxylation sites is 1. The SMILES string of the molecule is COc1ccccc1/C=N\Nc1nc(N2CCCC2)nc(N2CCCC2)n1. The first-order valence-electron chi connectivity index (χ1n) is 9.51. The van der Waals surface area contributed by atoms with E-state index in [4.69, 9.17) is 9.72 Å². The molecule has 0 unspecified atom stereocenters. The molecule has 8 nitrogen and oxygen atoms in total. The van der Waals surface area contributed by atoms with Gasteiger partial charge in [0.05, 0.1) is 13.3 Å². The summed E-state index contributed by atoms with van der Waals surface area (Å²) in [5.41, 5.74) is 3.86. The molecule has 2 saturated heterocycles. The molecule has 0 radical (unpaired) electrons. The van der Waals surface area contributed by atoms with Gasteiger partial charge in [-0.3, -0.25) is 0 Å². The van der Waals surface area contributed by atoms with Crippen molar-refractivity contribution in [1.29, 1.82) is 0 Å². The summed E-state index contributed by atoms with van der Waals surface area (Å²) in [5, 5.41) is 4.31. The third-order valence-corrected chi connectivity index (χ3v) is 4.90. The van der Waals surface area contributed by atoms with Crippen molar-refractivity contribution in [3.63, 3.8) is 0 Å². The normalized spacial score (nSPS) is 17.1. The maximum absolute atomic E-state index is 5.35. The Morgan fingerprint density at radius 3 is 2.11 bits per heavy atom. The zero-order valence-corrected chi connectivity index (χ0v) is 15.6. The van der Waals surface area contributed by atoms with Crippen LogP contribution in [0.1, 0.15) is 31.2 Å². The van der Waals surface area contributed by atoms with Gasteiger partial charge in [-0.05, 0) is 37.8 Å². The predicted octanol–water partition coefficient (Wildman–Crippen LogP) is 2.53. The topological polar surface area (TPSA) is 78.8 Å². The predicted molar refractivity (Wildman–Crippen MR) is 107 cm³/mol. The fraction of sp³-hybridized carbons (Fsp3) is 0.474. The highest BCUT2D eigenvalue weighted by atomic mass is 16.5. The average Bonchev–Trinajstić information content (AvgIpc) is 3.42. The zero-order valence-electron chi connectivity index (χ0n) is 15.6. The van der Waals surface area contributed by atoms with Gasteiger partial charge in [0.15, 0.2) is 0 Å². The van der Waals surface area contributed by atoms with E-state index in [0.717, 1.165) is 49.4 Å². The van der Waals surface area contributed by atoms with Gasteiger partial charge in [0.1, 0.15) is 5.75 Å². The summed E-state index contributed by atoms with van der Waals surface area (Å²) in [4.78, 5) is 18.3. The van der Waals surface area contributed by atoms with Crippen LogP contribution in [-0.2, 0) is 0 Å². The molecule has 4 rings (SSSR count). The second kappa shape index (κ2) is 8.20. The number of aromatic nitrogens is 3. The van der Waals surface area contributed by atoms with Crippen LogP contribution in [0.2, 0.25) is 0 Å². The Balaban J connectivity index is 1.56. The number of nitrogens with zero attached hydrogens (tertiary/aromatic N) is 6. The molecule has 2 fully saturated rings. The van der Waals surface area contributed by atoms with Crippen LogP contribution in [0.25, 0.3) is 0 Å². The number of hydrogen-bond acceptors (Lipinski definition) is 8. The smallest absolute Gasteiger partial charge is 0.250 e. The molecule has 2 aliphatic rings. The Bertz CT molecular complexity index is 764. The van der Waals surface area contributed by atoms with Gasteiger partial charge in [-0.15, -0.1) is 0 Å². The average molecular weight is 367 g/mol. The molecule has 2 aromatic rings. The third-order valence-electron chi connectivity index (χ3n) is 4.90. The van der Waals surface area contributed by atoms with Crippen molar-refractivity contribution in [1.82, 2.24) is 15.0 Å². The highest BCUT2D eigenvalue weighted by molar-refractivity contribution is 5.83. The lowest BCUT2D eigenvalue weighted by molar-refractivity contribution is 0.414. The number of hydrogen-bond donors (Lipinski definition) is 1. The molecular formula is C19H25N7O. The van der Waals surface area contributed by atoms with Gasteiger partial charge in [-0.25, -0.2) is 5.43 Å². The van der Waals surface area contributed by atoms with Crippen molar-refractivity contribution in [2.24, 2.45) is 5.10 Å². The van der Waals surface area contributed by atoms with Crippen molar-refractivity contribution < 1.29 is 4.74 Å². The molecule has 1 aromatic heterocycles. The van der Waals surface area contributed by atoms with E-state index in [1.54, 1.807) is 13.3 Å². The van der Waals surface area contributed by atoms with Crippen molar-refractivity contribution in [3.8, 4) is 5.75 Å². The van der Waals surface area contributed by atoms with Gasteiger partial charge in [0.2, 0.25) is 17.8 Å². The van der Waals surface area contributed by atoms with E-state index in [1.807, 2.05) is 24.3 Å². The summed E-state index contributed by atoms with van der Waals surface area (Å²) in [5.74, 6) is 2.72. The lowest BCUT2D eigenvalue weighted by atomic mass is 10.2. The molecule has 0 amide bonds. The van der Waals surface area contributed by atoms with Crippen molar-refractivity contribution >= 4 is 24.1 Å². The molecule has 0 saturated carbocycles. The van der Waals surface area contributed by atoms with Gasteiger partial charge in [-0.2, -0.15) is 20.1 Å². The standard InChI is InChI=1S/C19H25N7O/c1-27-16-9-3-2-8-15(16)14-20-24-17-21-18(25-10-4-5-11-25)23-19(22-17)26-12-6-7-13-26/h2-3,8-9,14H,4-7,10-13H2,1H3,(H,21,22,23,24)/b20-14-. The van der Waals surface area contributed by atoms with Gasteiger partial charge >= 0.3 is 0 Å². The highest BCUT2D eigenvalue weighted by Crippen LogP contribution is 2.23. The minimum absolute atomic E-state index is 0.472. The Kier molecular flexibility index (Phi) is 5.32. The Labute approximate surface area is 159 Å². The van der Waals surface area contributed by atoms with E-state index in [9.17, 15) is 0 Å². The summed E-state index contributed by atoms with van der Waals surface area (Å²) in [6, 6.07) is 7.73. The summed E-state index contributed by atoms with van der Waals surface area (Å²) < 4.78 is 5.35. The summed E-state index contributed by atoms with van der Waals surface area (Å²) >= 11 is 0. The lowest BCUT2D eigenvalue weighted by Gasteiger charge is -2.20. The second-order valence-electron chi connectivity index (χ2n) is 6.76. The molecule has 0 atom stereocenters. The van der Waals surface area contributed by atoms with Crippen molar-refractivity contribution in [2.45, 2.75) is 25.7 Å². The minimum atomic E-state index is 0.472. The quantitative estimate of drug-likeness (QED) is 0.621. The minimum Gasteiger partial charge on any atom is -0.496 e. The molecule has 0 bridgehead atoms. The maximum Gasteiger partial charge on any atom is 0.250 e. The summed E-state index contributed by atoms with van der Waals surface area (Å²) in [6.07, 6.45) is 6.44. The van der Waals surface area contributed by atoms with Gasteiger partial charge < -0.3 is 14.5 Å². The first kappa shape index (κ1) is 17.5. The van der Waals surface area contributed by atoms with Crippen molar-refractivity contribution in [3.05, 3.63) is 29.8 Å². The van der Waals surface area contributed by atoms with E-state index in [1.165, 1.54) is 25.7 Å². The van der Waals surface area contributed by atoms with Crippen LogP contribution in [0.3, 0.4) is 0 Å². The lowest BCUT2D eigenvalue weighted by Crippen LogP contribution is -2.25. The van der Waals surface area contributed by atoms with E-state index >= 15 is 0 Å². The second-order valence-corrected chi connectivity index (χ2v) is 6.76. The number of methoxy groups -OCH3 is 1. The number of benzene rings is 1. The number of anilines is 3. The van der Waals surface area contributed by atoms with E-state index in [2.05, 4.69) is 30.3 Å². The number of ether oxygens (including phenoxy) is 1. The van der Waals surface area contributed by atoms with Gasteiger partial charge in [-0.1, -0.05) is 12.1 Å². The fourth-order valence-corrected chi connectivity index (χ4v) is 3.45. The fourth-order valence-electron chi connectivity index (χ4n) is 3.45. The molecule has 142 valence electrons. The highest BCUT2D eigenvalue weighted by Gasteiger charge is 2.21. The Morgan fingerprint density at radius 1 is 0.926 bits per heavy atom. The molecule has 3 heterocycles. The van der Waals surface area contributed by atoms with Crippen molar-refractivity contribution in [2.75, 3.05) is 48.5 Å². The van der Waals surface area contributed by atoms with Crippen LogP contribution in [0.5, 0.6) is 5.75 Å². The number of rotatable bonds is 6. The first-order valence-corrected chi connectivity index (χ1v) is 9.51. The Morgan fingerprint density at radius 2 is 1.52 bits per heavy atom. The molecular weight excluding hydrogens is 342 g/mol. The molecule has 2 aliphatic heterocycles. The van der Waals surface area contributed by atoms with Gasteiger partial charge in [0, 0.05) is 31.7 Å². The third kappa shape index (κ3) is 4.10. The molecule has 1 aromatic carbocycles. The molecule has 0 aliphatic carbocycles. The van der Waals surface area contributed by atoms with Crippen LogP contribution in [-0.4, -0.2) is 54.5 Å². The summed E-state index contributed by atoms with van der Waals surface area (Å²) in [7, 11) is 1.65. The monoisotopic (exact) mass is 367 g/mol. The molecule has 0 spiro atoms. The zero-order chi connectivity index (χ0) is 18.5. The summed E-state index contributed by atoms with van der Waals surface area (Å²) in [6.45, 7) is 3.97. The van der Waals surface area contributed by atoms with Crippen LogP contribution in [0.15, 0.2) is 29.4 Å². The number of nitrogens with one attached hydrogen (secondary N) is 1. The van der Waals surface area contributed by atoms with Crippen LogP contribution >= 0.6 is 0 Å². The van der Waals surface area contributed by atoms with E-state index in [0.29, 0.717) is 5.95 Å². The number of hydrazone groups is 1. The largest absolute Gasteiger partial charge is 0.496 e. The molecule has 1 N–H and O–H groups in total. The maximum atomic E-state index is 5.35. The molecule has 8 heteroatoms. The first-order chi connectivity index (χ1) is 13.3. The Hall–Kier alpha value is -2.90. The van der Waals surface area contributed by atoms with Crippen LogP contribution in [0, 0.1) is 0 Å². The van der Waals surface area contributed by atoms with Gasteiger partial charge in [0.25, 0.3) is 0 Å². The van der Waals surface area contributed by atoms with E-state index in [-0.39, 0.29) is 0 Å². The molecule has 27 heavy (non-hydrogen) atoms. The van der Waals surface area contributed by atoms with Crippen LogP contribution in [0.4, 0.5) is 17.8 Å². The van der Waals surface area contributed by atoms with E-state index < -0.39 is 0 Å². The van der Waals surface area contributed by atoms with Crippen LogP contribution < -0.4 is 20.0 Å².